The molecule has 0 saturated carbocycles. The van der Waals surface area contributed by atoms with Crippen molar-refractivity contribution in [3.05, 3.63) is 101 Å². The molecule has 36 heavy (non-hydrogen) atoms. The summed E-state index contributed by atoms with van der Waals surface area (Å²) in [5.41, 5.74) is 9.99. The Labute approximate surface area is 224 Å². The zero-order valence-electron chi connectivity index (χ0n) is 27.3. The monoisotopic (exact) mass is 482 g/mol. The molecule has 1 aliphatic rings. The van der Waals surface area contributed by atoms with E-state index in [0.29, 0.717) is 11.4 Å². The van der Waals surface area contributed by atoms with Gasteiger partial charge in [0, 0.05) is 39.2 Å². The van der Waals surface area contributed by atoms with Crippen LogP contribution in [-0.2, 0) is 0 Å². The van der Waals surface area contributed by atoms with Crippen LogP contribution in [0.15, 0.2) is 78.9 Å². The van der Waals surface area contributed by atoms with Crippen molar-refractivity contribution in [2.24, 2.45) is 0 Å². The van der Waals surface area contributed by atoms with Gasteiger partial charge in [0.05, 0.1) is 24.7 Å². The zero-order chi connectivity index (χ0) is 30.4. The molecular formula is C32H36N4. The topological polar surface area (TPSA) is 21.8 Å². The van der Waals surface area contributed by atoms with Crippen molar-refractivity contribution in [1.29, 1.82) is 0 Å². The number of nitrogens with one attached hydrogen (secondary N) is 1. The lowest BCUT2D eigenvalue weighted by molar-refractivity contribution is 0.948. The van der Waals surface area contributed by atoms with Crippen molar-refractivity contribution in [3.63, 3.8) is 0 Å². The SMILES string of the molecule is [2H]C([2H])([2H])N(CNc1cc(-c2c(C)cc(C)cc2C)cc(N2CN(C([2H])([2H])[2H])c3ccccc32)c1)c1ccccc1C. The molecule has 4 nitrogen and oxygen atoms in total. The molecule has 0 radical (unpaired) electrons. The minimum atomic E-state index is -2.36. The van der Waals surface area contributed by atoms with Gasteiger partial charge < -0.3 is 20.0 Å². The van der Waals surface area contributed by atoms with E-state index < -0.39 is 14.0 Å². The number of nitrogens with zero attached hydrogens (tertiary/aromatic N) is 3. The number of fused-ring (bicyclic) bond motifs is 1. The minimum Gasteiger partial charge on any atom is -0.368 e. The van der Waals surface area contributed by atoms with Gasteiger partial charge >= 0.3 is 0 Å². The Bertz CT molecular complexity index is 1590. The van der Waals surface area contributed by atoms with E-state index in [4.69, 9.17) is 8.22 Å². The number of hydrogen-bond donors (Lipinski definition) is 1. The first kappa shape index (κ1) is 17.5. The van der Waals surface area contributed by atoms with Crippen LogP contribution in [0.5, 0.6) is 0 Å². The molecule has 0 amide bonds. The molecule has 0 saturated heterocycles. The number of benzene rings is 4. The van der Waals surface area contributed by atoms with Crippen molar-refractivity contribution < 1.29 is 8.22 Å². The molecule has 0 spiro atoms. The van der Waals surface area contributed by atoms with Gasteiger partial charge in [-0.25, -0.2) is 0 Å². The molecule has 0 atom stereocenters. The van der Waals surface area contributed by atoms with E-state index in [-0.39, 0.29) is 13.3 Å². The number of rotatable bonds is 6. The Morgan fingerprint density at radius 1 is 0.833 bits per heavy atom. The molecule has 5 rings (SSSR count). The first-order chi connectivity index (χ1) is 19.7. The van der Waals surface area contributed by atoms with Gasteiger partial charge in [-0.15, -0.1) is 0 Å². The highest BCUT2D eigenvalue weighted by atomic mass is 15.4. The third-order valence-corrected chi connectivity index (χ3v) is 6.79. The molecule has 0 unspecified atom stereocenters. The maximum Gasteiger partial charge on any atom is 0.0950 e. The van der Waals surface area contributed by atoms with Gasteiger partial charge in [0.2, 0.25) is 0 Å². The van der Waals surface area contributed by atoms with Crippen LogP contribution in [-0.4, -0.2) is 27.3 Å². The maximum absolute atomic E-state index is 8.23. The summed E-state index contributed by atoms with van der Waals surface area (Å²) in [4.78, 5) is 4.82. The van der Waals surface area contributed by atoms with E-state index in [9.17, 15) is 0 Å². The average Bonchev–Trinajstić information content (AvgIpc) is 3.29. The van der Waals surface area contributed by atoms with Crippen LogP contribution in [0.3, 0.4) is 0 Å². The lowest BCUT2D eigenvalue weighted by Crippen LogP contribution is -2.26. The third kappa shape index (κ3) is 4.51. The van der Waals surface area contributed by atoms with Crippen molar-refractivity contribution in [3.8, 4) is 11.1 Å². The van der Waals surface area contributed by atoms with E-state index in [1.807, 2.05) is 72.5 Å². The van der Waals surface area contributed by atoms with Gasteiger partial charge in [0.1, 0.15) is 0 Å². The maximum atomic E-state index is 8.23. The van der Waals surface area contributed by atoms with Gasteiger partial charge in [-0.3, -0.25) is 0 Å². The lowest BCUT2D eigenvalue weighted by Gasteiger charge is -2.25. The normalized spacial score (nSPS) is 15.8. The van der Waals surface area contributed by atoms with Crippen LogP contribution in [0.25, 0.3) is 11.1 Å². The summed E-state index contributed by atoms with van der Waals surface area (Å²) in [6.45, 7) is 3.70. The van der Waals surface area contributed by atoms with Crippen LogP contribution < -0.4 is 20.0 Å². The molecule has 0 fully saturated rings. The Hall–Kier alpha value is -3.92. The second-order valence-electron chi connectivity index (χ2n) is 9.58. The molecule has 1 N–H and O–H groups in total. The molecule has 4 heteroatoms. The molecule has 0 aliphatic carbocycles. The minimum absolute atomic E-state index is 0.0497. The molecule has 1 aliphatic heterocycles. The Balaban J connectivity index is 1.61. The largest absolute Gasteiger partial charge is 0.368 e. The van der Waals surface area contributed by atoms with Crippen molar-refractivity contribution in [2.45, 2.75) is 27.7 Å². The van der Waals surface area contributed by atoms with Crippen molar-refractivity contribution in [2.75, 3.05) is 47.3 Å². The number of aryl methyl sites for hydroxylation is 4. The summed E-state index contributed by atoms with van der Waals surface area (Å²) < 4.78 is 49.1. The smallest absolute Gasteiger partial charge is 0.0950 e. The third-order valence-electron chi connectivity index (χ3n) is 6.79. The predicted molar refractivity (Wildman–Crippen MR) is 156 cm³/mol. The highest BCUT2D eigenvalue weighted by Gasteiger charge is 2.25. The second kappa shape index (κ2) is 9.62. The highest BCUT2D eigenvalue weighted by Crippen LogP contribution is 2.42. The van der Waals surface area contributed by atoms with Crippen LogP contribution in [0.1, 0.15) is 30.5 Å². The van der Waals surface area contributed by atoms with Crippen molar-refractivity contribution in [1.82, 2.24) is 0 Å². The molecule has 4 aromatic carbocycles. The summed E-state index contributed by atoms with van der Waals surface area (Å²) in [5, 5.41) is 3.38. The molecule has 184 valence electrons. The fraction of sp³-hybridized carbons (Fsp3) is 0.250. The van der Waals surface area contributed by atoms with Crippen LogP contribution in [0, 0.1) is 27.7 Å². The first-order valence-electron chi connectivity index (χ1n) is 15.2. The van der Waals surface area contributed by atoms with Crippen LogP contribution >= 0.6 is 0 Å². The molecule has 1 heterocycles. The van der Waals surface area contributed by atoms with Crippen LogP contribution in [0.4, 0.5) is 28.4 Å². The highest BCUT2D eigenvalue weighted by molar-refractivity contribution is 5.86. The molecule has 0 bridgehead atoms. The Kier molecular flexibility index (Phi) is 4.67. The number of para-hydroxylation sites is 3. The standard InChI is InChI=1S/C32H36N4/c1-22-15-24(3)32(25(4)16-22)26-17-27(33-20-34(5)29-12-8-7-11-23(29)2)19-28(18-26)36-21-35(6)30-13-9-10-14-31(30)36/h7-19,33H,20-21H2,1-6H3/i5D3,6D3. The van der Waals surface area contributed by atoms with Gasteiger partial charge in [0.15, 0.2) is 0 Å². The van der Waals surface area contributed by atoms with Gasteiger partial charge in [-0.05, 0) is 91.9 Å². The number of hydrogen-bond acceptors (Lipinski definition) is 4. The fourth-order valence-corrected chi connectivity index (χ4v) is 5.21. The summed E-state index contributed by atoms with van der Waals surface area (Å²) >= 11 is 0. The van der Waals surface area contributed by atoms with E-state index in [1.165, 1.54) is 15.4 Å². The Morgan fingerprint density at radius 2 is 1.56 bits per heavy atom. The summed E-state index contributed by atoms with van der Waals surface area (Å²) in [5.74, 6) is 0. The van der Waals surface area contributed by atoms with Gasteiger partial charge in [-0.2, -0.15) is 0 Å². The second-order valence-corrected chi connectivity index (χ2v) is 9.58. The van der Waals surface area contributed by atoms with Crippen molar-refractivity contribution >= 4 is 28.4 Å². The summed E-state index contributed by atoms with van der Waals surface area (Å²) in [6, 6.07) is 25.3. The van der Waals surface area contributed by atoms with E-state index in [1.54, 1.807) is 0 Å². The molecule has 0 aromatic heterocycles. The van der Waals surface area contributed by atoms with Gasteiger partial charge in [-0.1, -0.05) is 48.0 Å². The zero-order valence-corrected chi connectivity index (χ0v) is 21.3. The molecule has 4 aromatic rings. The number of anilines is 5. The first-order valence-corrected chi connectivity index (χ1v) is 12.2. The summed E-state index contributed by atoms with van der Waals surface area (Å²) in [6.07, 6.45) is 0. The molecular weight excluding hydrogens is 440 g/mol. The average molecular weight is 483 g/mol. The predicted octanol–water partition coefficient (Wildman–Crippen LogP) is 7.64. The summed E-state index contributed by atoms with van der Waals surface area (Å²) in [7, 11) is 0. The van der Waals surface area contributed by atoms with Crippen LogP contribution in [0.2, 0.25) is 0 Å². The van der Waals surface area contributed by atoms with E-state index in [2.05, 4.69) is 44.3 Å². The van der Waals surface area contributed by atoms with E-state index >= 15 is 0 Å². The fourth-order valence-electron chi connectivity index (χ4n) is 5.21. The Morgan fingerprint density at radius 3 is 2.28 bits per heavy atom. The quantitative estimate of drug-likeness (QED) is 0.285. The van der Waals surface area contributed by atoms with Gasteiger partial charge in [0.25, 0.3) is 0 Å². The lowest BCUT2D eigenvalue weighted by atomic mass is 9.93. The van der Waals surface area contributed by atoms with E-state index in [0.717, 1.165) is 44.9 Å².